The zero-order valence-electron chi connectivity index (χ0n) is 24.3. The Labute approximate surface area is 245 Å². The maximum atomic E-state index is 12.4. The largest absolute Gasteiger partial charge is 0.480 e. The standard InChI is InChI=1S/C20H22N2O5.C12H14O3/c1-14(19(24)25)21-18(23)17(12-15-8-4-2-5-9-15)22-20(26)27-13-16-10-6-3-7-11-16;1-7-5-8(2)11(9(3)6-7)12(14)15-10(4)13/h2-11,14,17H,12-13H2,1H3,(H,21,23)(H,22,26)(H,24,25);5-6H,1-4H3/t14-,17-;/m0./s1. The number of benzene rings is 3. The highest BCUT2D eigenvalue weighted by molar-refractivity contribution is 5.98. The van der Waals surface area contributed by atoms with Crippen LogP contribution >= 0.6 is 0 Å². The first kappa shape index (κ1) is 33.2. The van der Waals surface area contributed by atoms with E-state index in [0.29, 0.717) is 5.56 Å². The fourth-order valence-electron chi connectivity index (χ4n) is 4.03. The summed E-state index contributed by atoms with van der Waals surface area (Å²) in [7, 11) is 0. The van der Waals surface area contributed by atoms with E-state index < -0.39 is 42.0 Å². The van der Waals surface area contributed by atoms with Crippen LogP contribution in [0.25, 0.3) is 0 Å². The number of aliphatic carboxylic acids is 1. The van der Waals surface area contributed by atoms with Crippen LogP contribution in [-0.2, 0) is 36.9 Å². The van der Waals surface area contributed by atoms with Crippen LogP contribution in [-0.4, -0.2) is 47.1 Å². The van der Waals surface area contributed by atoms with Gasteiger partial charge in [-0.1, -0.05) is 78.4 Å². The highest BCUT2D eigenvalue weighted by atomic mass is 16.6. The molecule has 0 aromatic heterocycles. The van der Waals surface area contributed by atoms with E-state index in [0.717, 1.165) is 27.8 Å². The Morgan fingerprint density at radius 3 is 1.83 bits per heavy atom. The Balaban J connectivity index is 0.000000347. The predicted octanol–water partition coefficient (Wildman–Crippen LogP) is 4.43. The van der Waals surface area contributed by atoms with Gasteiger partial charge in [-0.25, -0.2) is 9.59 Å². The van der Waals surface area contributed by atoms with E-state index in [2.05, 4.69) is 15.4 Å². The molecule has 3 aromatic carbocycles. The van der Waals surface area contributed by atoms with Crippen molar-refractivity contribution in [2.45, 2.75) is 59.7 Å². The highest BCUT2D eigenvalue weighted by Gasteiger charge is 2.25. The highest BCUT2D eigenvalue weighted by Crippen LogP contribution is 2.17. The number of alkyl carbamates (subject to hydrolysis) is 1. The van der Waals surface area contributed by atoms with Gasteiger partial charge in [-0.05, 0) is 49.9 Å². The van der Waals surface area contributed by atoms with Crippen LogP contribution in [0.5, 0.6) is 0 Å². The Bertz CT molecular complexity index is 1370. The number of amides is 2. The molecule has 2 amide bonds. The van der Waals surface area contributed by atoms with Gasteiger partial charge in [-0.2, -0.15) is 0 Å². The van der Waals surface area contributed by atoms with Crippen molar-refractivity contribution in [3.63, 3.8) is 0 Å². The van der Waals surface area contributed by atoms with Crippen LogP contribution in [0.1, 0.15) is 52.0 Å². The Hall–Kier alpha value is -4.99. The fraction of sp³-hybridized carbons (Fsp3) is 0.281. The van der Waals surface area contributed by atoms with Gasteiger partial charge in [0.05, 0.1) is 5.56 Å². The average molecular weight is 577 g/mol. The molecule has 0 aliphatic rings. The van der Waals surface area contributed by atoms with Crippen molar-refractivity contribution < 1.29 is 38.6 Å². The van der Waals surface area contributed by atoms with E-state index in [1.54, 1.807) is 0 Å². The second-order valence-electron chi connectivity index (χ2n) is 9.67. The van der Waals surface area contributed by atoms with E-state index >= 15 is 0 Å². The molecule has 10 nitrogen and oxygen atoms in total. The van der Waals surface area contributed by atoms with Gasteiger partial charge in [0.25, 0.3) is 0 Å². The topological polar surface area (TPSA) is 148 Å². The number of carbonyl (C=O) groups is 5. The van der Waals surface area contributed by atoms with Gasteiger partial charge < -0.3 is 25.2 Å². The van der Waals surface area contributed by atoms with Crippen LogP contribution in [0.15, 0.2) is 72.8 Å². The second kappa shape index (κ2) is 16.3. The summed E-state index contributed by atoms with van der Waals surface area (Å²) in [5, 5.41) is 13.9. The summed E-state index contributed by atoms with van der Waals surface area (Å²) in [6.07, 6.45) is -0.544. The number of carboxylic acid groups (broad SMARTS) is 1. The van der Waals surface area contributed by atoms with Crippen molar-refractivity contribution in [1.82, 2.24) is 10.6 Å². The summed E-state index contributed by atoms with van der Waals surface area (Å²) >= 11 is 0. The Morgan fingerprint density at radius 1 is 0.810 bits per heavy atom. The van der Waals surface area contributed by atoms with Gasteiger partial charge >= 0.3 is 24.0 Å². The van der Waals surface area contributed by atoms with Crippen LogP contribution in [0, 0.1) is 20.8 Å². The summed E-state index contributed by atoms with van der Waals surface area (Å²) in [5.74, 6) is -2.91. The van der Waals surface area contributed by atoms with Gasteiger partial charge in [0.2, 0.25) is 5.91 Å². The Morgan fingerprint density at radius 2 is 1.33 bits per heavy atom. The van der Waals surface area contributed by atoms with E-state index in [1.807, 2.05) is 93.6 Å². The molecule has 3 N–H and O–H groups in total. The first-order valence-electron chi connectivity index (χ1n) is 13.2. The second-order valence-corrected chi connectivity index (χ2v) is 9.67. The van der Waals surface area contributed by atoms with Crippen LogP contribution in [0.4, 0.5) is 4.79 Å². The first-order valence-corrected chi connectivity index (χ1v) is 13.2. The van der Waals surface area contributed by atoms with E-state index in [-0.39, 0.29) is 13.0 Å². The molecule has 0 radical (unpaired) electrons. The zero-order valence-corrected chi connectivity index (χ0v) is 24.3. The summed E-state index contributed by atoms with van der Waals surface area (Å²) < 4.78 is 9.71. The van der Waals surface area contributed by atoms with Crippen LogP contribution < -0.4 is 10.6 Å². The number of carboxylic acids is 1. The molecule has 222 valence electrons. The Kier molecular flexibility index (Phi) is 12.9. The summed E-state index contributed by atoms with van der Waals surface area (Å²) in [4.78, 5) is 57.7. The van der Waals surface area contributed by atoms with Crippen molar-refractivity contribution in [1.29, 1.82) is 0 Å². The maximum absolute atomic E-state index is 12.4. The minimum absolute atomic E-state index is 0.0673. The first-order chi connectivity index (χ1) is 19.9. The van der Waals surface area contributed by atoms with Gasteiger partial charge in [-0.15, -0.1) is 0 Å². The van der Waals surface area contributed by atoms with Crippen molar-refractivity contribution in [2.75, 3.05) is 0 Å². The lowest BCUT2D eigenvalue weighted by atomic mass is 10.00. The van der Waals surface area contributed by atoms with E-state index in [9.17, 15) is 24.0 Å². The molecule has 0 fully saturated rings. The number of hydrogen-bond donors (Lipinski definition) is 3. The van der Waals surface area contributed by atoms with Crippen molar-refractivity contribution >= 4 is 29.9 Å². The molecule has 0 bridgehead atoms. The lowest BCUT2D eigenvalue weighted by Gasteiger charge is -2.20. The number of carbonyl (C=O) groups excluding carboxylic acids is 4. The molecule has 2 atom stereocenters. The van der Waals surface area contributed by atoms with Crippen molar-refractivity contribution in [3.8, 4) is 0 Å². The van der Waals surface area contributed by atoms with Crippen molar-refractivity contribution in [3.05, 3.63) is 106 Å². The molecular formula is C32H36N2O8. The molecule has 0 aliphatic heterocycles. The molecule has 0 heterocycles. The lowest BCUT2D eigenvalue weighted by molar-refractivity contribution is -0.141. The monoisotopic (exact) mass is 576 g/mol. The smallest absolute Gasteiger partial charge is 0.408 e. The number of ether oxygens (including phenoxy) is 2. The third-order valence-corrected chi connectivity index (χ3v) is 5.95. The number of esters is 2. The minimum atomic E-state index is -1.16. The zero-order chi connectivity index (χ0) is 31.2. The number of hydrogen-bond acceptors (Lipinski definition) is 7. The number of aryl methyl sites for hydroxylation is 3. The van der Waals surface area contributed by atoms with Crippen molar-refractivity contribution in [2.24, 2.45) is 0 Å². The molecule has 0 unspecified atom stereocenters. The van der Waals surface area contributed by atoms with Crippen LogP contribution in [0.3, 0.4) is 0 Å². The summed E-state index contributed by atoms with van der Waals surface area (Å²) in [5.41, 5.74) is 4.87. The third-order valence-electron chi connectivity index (χ3n) is 5.95. The van der Waals surface area contributed by atoms with Gasteiger partial charge in [0.15, 0.2) is 0 Å². The predicted molar refractivity (Wildman–Crippen MR) is 156 cm³/mol. The molecule has 3 aromatic rings. The molecule has 0 saturated carbocycles. The number of rotatable bonds is 9. The quantitative estimate of drug-likeness (QED) is 0.250. The van der Waals surface area contributed by atoms with Gasteiger partial charge in [0.1, 0.15) is 18.7 Å². The average Bonchev–Trinajstić information content (AvgIpc) is 2.92. The van der Waals surface area contributed by atoms with Gasteiger partial charge in [-0.3, -0.25) is 14.4 Å². The molecule has 3 rings (SSSR count). The summed E-state index contributed by atoms with van der Waals surface area (Å²) in [6, 6.07) is 20.0. The van der Waals surface area contributed by atoms with Gasteiger partial charge in [0, 0.05) is 13.3 Å². The van der Waals surface area contributed by atoms with E-state index in [1.165, 1.54) is 13.8 Å². The summed E-state index contributed by atoms with van der Waals surface area (Å²) in [6.45, 7) is 8.26. The molecule has 0 aliphatic carbocycles. The molecule has 0 spiro atoms. The SMILES string of the molecule is CC(=O)OC(=O)c1c(C)cc(C)cc1C.C[C@H](NC(=O)[C@H](Cc1ccccc1)NC(=O)OCc1ccccc1)C(=O)O. The molecular weight excluding hydrogens is 540 g/mol. The van der Waals surface area contributed by atoms with Crippen LogP contribution in [0.2, 0.25) is 0 Å². The molecule has 0 saturated heterocycles. The number of nitrogens with one attached hydrogen (secondary N) is 2. The van der Waals surface area contributed by atoms with E-state index in [4.69, 9.17) is 9.84 Å². The molecule has 42 heavy (non-hydrogen) atoms. The minimum Gasteiger partial charge on any atom is -0.480 e. The fourth-order valence-corrected chi connectivity index (χ4v) is 4.03. The third kappa shape index (κ3) is 11.2. The normalized spacial score (nSPS) is 11.5. The molecule has 10 heteroatoms. The lowest BCUT2D eigenvalue weighted by Crippen LogP contribution is -2.51. The maximum Gasteiger partial charge on any atom is 0.408 e.